The van der Waals surface area contributed by atoms with Crippen molar-refractivity contribution in [2.75, 3.05) is 5.32 Å². The predicted molar refractivity (Wildman–Crippen MR) is 108 cm³/mol. The normalized spacial score (nSPS) is 10.7. The molecule has 0 spiro atoms. The Kier molecular flexibility index (Phi) is 9.38. The van der Waals surface area contributed by atoms with E-state index in [1.807, 2.05) is 12.1 Å². The molecular weight excluding hydrogens is 338 g/mol. The summed E-state index contributed by atoms with van der Waals surface area (Å²) in [7, 11) is 0. The van der Waals surface area contributed by atoms with Crippen LogP contribution in [0.3, 0.4) is 0 Å². The summed E-state index contributed by atoms with van der Waals surface area (Å²) >= 11 is 0. The number of carbonyl (C=O) groups excluding carboxylic acids is 1. The highest BCUT2D eigenvalue weighted by Gasteiger charge is 2.09. The average Bonchev–Trinajstić information content (AvgIpc) is 2.67. The molecule has 0 unspecified atom stereocenters. The van der Waals surface area contributed by atoms with Gasteiger partial charge in [0, 0.05) is 24.4 Å². The first kappa shape index (κ1) is 20.9. The van der Waals surface area contributed by atoms with Crippen LogP contribution >= 0.6 is 0 Å². The van der Waals surface area contributed by atoms with Gasteiger partial charge in [-0.3, -0.25) is 15.1 Å². The topological polar surface area (TPSA) is 80.7 Å². The minimum atomic E-state index is -0.0378. The number of pyridine rings is 1. The van der Waals surface area contributed by atoms with Crippen molar-refractivity contribution in [2.24, 2.45) is 0 Å². The van der Waals surface area contributed by atoms with Crippen LogP contribution in [0.2, 0.25) is 0 Å². The molecule has 2 heterocycles. The second kappa shape index (κ2) is 12.1. The molecule has 2 aromatic rings. The zero-order chi connectivity index (χ0) is 19.3. The summed E-state index contributed by atoms with van der Waals surface area (Å²) in [6.07, 6.45) is 15.0. The zero-order valence-corrected chi connectivity index (χ0v) is 16.6. The SMILES string of the molecule is CCCCCCCCCCCC(=O)Nc1nc(C)nc(-c2ccncc2)n1. The number of aryl methyl sites for hydroxylation is 1. The molecule has 0 aliphatic carbocycles. The van der Waals surface area contributed by atoms with E-state index in [0.717, 1.165) is 18.4 Å². The van der Waals surface area contributed by atoms with Crippen molar-refractivity contribution in [3.05, 3.63) is 30.4 Å². The van der Waals surface area contributed by atoms with Crippen LogP contribution in [0.5, 0.6) is 0 Å². The molecule has 0 saturated heterocycles. The van der Waals surface area contributed by atoms with E-state index in [2.05, 4.69) is 32.2 Å². The number of carbonyl (C=O) groups is 1. The number of amides is 1. The van der Waals surface area contributed by atoms with Crippen molar-refractivity contribution < 1.29 is 4.79 Å². The Balaban J connectivity index is 1.71. The zero-order valence-electron chi connectivity index (χ0n) is 16.6. The van der Waals surface area contributed by atoms with E-state index in [9.17, 15) is 4.79 Å². The first-order valence-electron chi connectivity index (χ1n) is 10.1. The summed E-state index contributed by atoms with van der Waals surface area (Å²) in [4.78, 5) is 29.1. The Bertz CT molecular complexity index is 690. The average molecular weight is 370 g/mol. The van der Waals surface area contributed by atoms with Crippen LogP contribution in [-0.4, -0.2) is 25.8 Å². The van der Waals surface area contributed by atoms with E-state index in [4.69, 9.17) is 0 Å². The predicted octanol–water partition coefficient (Wildman–Crippen LogP) is 5.10. The largest absolute Gasteiger partial charge is 0.294 e. The molecule has 1 N–H and O–H groups in total. The van der Waals surface area contributed by atoms with Gasteiger partial charge in [-0.2, -0.15) is 9.97 Å². The Morgan fingerprint density at radius 2 is 1.52 bits per heavy atom. The summed E-state index contributed by atoms with van der Waals surface area (Å²) in [5.41, 5.74) is 0.852. The molecule has 2 rings (SSSR count). The van der Waals surface area contributed by atoms with Crippen LogP contribution in [0.1, 0.15) is 77.0 Å². The Labute approximate surface area is 162 Å². The van der Waals surface area contributed by atoms with Gasteiger partial charge in [0.2, 0.25) is 11.9 Å². The summed E-state index contributed by atoms with van der Waals surface area (Å²) in [5, 5.41) is 2.80. The lowest BCUT2D eigenvalue weighted by molar-refractivity contribution is -0.116. The first-order valence-corrected chi connectivity index (χ1v) is 10.1. The first-order chi connectivity index (χ1) is 13.2. The van der Waals surface area contributed by atoms with E-state index in [1.165, 1.54) is 44.9 Å². The minimum absolute atomic E-state index is 0.0378. The summed E-state index contributed by atoms with van der Waals surface area (Å²) in [5.74, 6) is 1.40. The molecule has 0 saturated carbocycles. The van der Waals surface area contributed by atoms with E-state index in [0.29, 0.717) is 24.0 Å². The van der Waals surface area contributed by atoms with Crippen molar-refractivity contribution in [3.63, 3.8) is 0 Å². The summed E-state index contributed by atoms with van der Waals surface area (Å²) < 4.78 is 0. The minimum Gasteiger partial charge on any atom is -0.294 e. The molecule has 6 nitrogen and oxygen atoms in total. The molecule has 0 radical (unpaired) electrons. The third kappa shape index (κ3) is 8.24. The number of hydrogen-bond donors (Lipinski definition) is 1. The van der Waals surface area contributed by atoms with Gasteiger partial charge in [-0.05, 0) is 25.5 Å². The number of hydrogen-bond acceptors (Lipinski definition) is 5. The van der Waals surface area contributed by atoms with Gasteiger partial charge in [0.1, 0.15) is 5.82 Å². The maximum absolute atomic E-state index is 12.2. The van der Waals surface area contributed by atoms with Crippen LogP contribution in [0.25, 0.3) is 11.4 Å². The number of rotatable bonds is 12. The second-order valence-corrected chi connectivity index (χ2v) is 6.89. The van der Waals surface area contributed by atoms with Gasteiger partial charge in [-0.15, -0.1) is 0 Å². The van der Waals surface area contributed by atoms with Crippen LogP contribution < -0.4 is 5.32 Å². The van der Waals surface area contributed by atoms with Crippen molar-refractivity contribution in [2.45, 2.75) is 78.1 Å². The highest BCUT2D eigenvalue weighted by molar-refractivity contribution is 5.89. The van der Waals surface area contributed by atoms with Gasteiger partial charge in [-0.1, -0.05) is 58.3 Å². The number of nitrogens with one attached hydrogen (secondary N) is 1. The van der Waals surface area contributed by atoms with E-state index in [1.54, 1.807) is 19.3 Å². The van der Waals surface area contributed by atoms with Crippen molar-refractivity contribution in [1.82, 2.24) is 19.9 Å². The van der Waals surface area contributed by atoms with Crippen molar-refractivity contribution in [1.29, 1.82) is 0 Å². The number of nitrogens with zero attached hydrogens (tertiary/aromatic N) is 4. The van der Waals surface area contributed by atoms with Gasteiger partial charge in [0.15, 0.2) is 5.82 Å². The third-order valence-corrected chi connectivity index (χ3v) is 4.44. The molecule has 146 valence electrons. The number of unbranched alkanes of at least 4 members (excludes halogenated alkanes) is 8. The van der Waals surface area contributed by atoms with Crippen LogP contribution in [0.4, 0.5) is 5.95 Å². The van der Waals surface area contributed by atoms with Crippen LogP contribution in [0, 0.1) is 6.92 Å². The van der Waals surface area contributed by atoms with Gasteiger partial charge >= 0.3 is 0 Å². The molecule has 6 heteroatoms. The van der Waals surface area contributed by atoms with Crippen molar-refractivity contribution in [3.8, 4) is 11.4 Å². The standard InChI is InChI=1S/C21H31N5O/c1-3-4-5-6-7-8-9-10-11-12-19(27)25-21-24-17(2)23-20(26-21)18-13-15-22-16-14-18/h13-16H,3-12H2,1-2H3,(H,23,24,25,26,27). The summed E-state index contributed by atoms with van der Waals surface area (Å²) in [6.45, 7) is 4.03. The van der Waals surface area contributed by atoms with Crippen LogP contribution in [-0.2, 0) is 4.79 Å². The van der Waals surface area contributed by atoms with Crippen LogP contribution in [0.15, 0.2) is 24.5 Å². The molecule has 1 amide bonds. The molecule has 0 aromatic carbocycles. The number of aromatic nitrogens is 4. The maximum Gasteiger partial charge on any atom is 0.233 e. The highest BCUT2D eigenvalue weighted by Crippen LogP contribution is 2.15. The van der Waals surface area contributed by atoms with E-state index in [-0.39, 0.29) is 5.91 Å². The second-order valence-electron chi connectivity index (χ2n) is 6.89. The smallest absolute Gasteiger partial charge is 0.233 e. The van der Waals surface area contributed by atoms with Gasteiger partial charge in [0.25, 0.3) is 0 Å². The molecule has 0 aliphatic heterocycles. The van der Waals surface area contributed by atoms with Crippen molar-refractivity contribution >= 4 is 11.9 Å². The number of anilines is 1. The summed E-state index contributed by atoms with van der Waals surface area (Å²) in [6, 6.07) is 3.67. The third-order valence-electron chi connectivity index (χ3n) is 4.44. The highest BCUT2D eigenvalue weighted by atomic mass is 16.1. The fourth-order valence-electron chi connectivity index (χ4n) is 2.95. The van der Waals surface area contributed by atoms with Gasteiger partial charge in [-0.25, -0.2) is 4.98 Å². The Morgan fingerprint density at radius 1 is 0.889 bits per heavy atom. The lowest BCUT2D eigenvalue weighted by atomic mass is 10.1. The van der Waals surface area contributed by atoms with Gasteiger partial charge < -0.3 is 0 Å². The molecule has 2 aromatic heterocycles. The monoisotopic (exact) mass is 369 g/mol. The molecule has 27 heavy (non-hydrogen) atoms. The lowest BCUT2D eigenvalue weighted by Gasteiger charge is -2.07. The molecule has 0 bridgehead atoms. The van der Waals surface area contributed by atoms with Gasteiger partial charge in [0.05, 0.1) is 0 Å². The van der Waals surface area contributed by atoms with E-state index >= 15 is 0 Å². The molecule has 0 fully saturated rings. The lowest BCUT2D eigenvalue weighted by Crippen LogP contribution is -2.15. The molecular formula is C21H31N5O. The molecule has 0 aliphatic rings. The maximum atomic E-state index is 12.2. The Morgan fingerprint density at radius 3 is 2.19 bits per heavy atom. The fraction of sp³-hybridized carbons (Fsp3) is 0.571. The Hall–Kier alpha value is -2.37. The molecule has 0 atom stereocenters. The fourth-order valence-corrected chi connectivity index (χ4v) is 2.95. The van der Waals surface area contributed by atoms with E-state index < -0.39 is 0 Å². The quantitative estimate of drug-likeness (QED) is 0.526.